The van der Waals surface area contributed by atoms with Gasteiger partial charge in [-0.05, 0) is 33.8 Å². The Hall–Kier alpha value is -3.92. The highest BCUT2D eigenvalue weighted by atomic mass is 32.1. The number of fused-ring (bicyclic) bond motifs is 3. The molecule has 9 nitrogen and oxygen atoms in total. The van der Waals surface area contributed by atoms with Gasteiger partial charge in [0.2, 0.25) is 11.8 Å². The lowest BCUT2D eigenvalue weighted by Gasteiger charge is -2.23. The van der Waals surface area contributed by atoms with E-state index in [2.05, 4.69) is 9.69 Å². The molecule has 182 valence electrons. The van der Waals surface area contributed by atoms with Crippen LogP contribution in [0.25, 0.3) is 11.1 Å². The molecule has 1 aliphatic rings. The molecule has 10 heteroatoms. The predicted octanol–water partition coefficient (Wildman–Crippen LogP) is 3.49. The van der Waals surface area contributed by atoms with Gasteiger partial charge in [-0.1, -0.05) is 48.5 Å². The van der Waals surface area contributed by atoms with Gasteiger partial charge < -0.3 is 24.8 Å². The summed E-state index contributed by atoms with van der Waals surface area (Å²) in [4.78, 5) is 39.0. The third kappa shape index (κ3) is 5.43. The molecule has 0 fully saturated rings. The van der Waals surface area contributed by atoms with E-state index in [4.69, 9.17) is 9.47 Å². The number of rotatable bonds is 9. The molecule has 1 atom stereocenters. The summed E-state index contributed by atoms with van der Waals surface area (Å²) >= 11 is 1.17. The van der Waals surface area contributed by atoms with E-state index in [1.165, 1.54) is 30.6 Å². The summed E-state index contributed by atoms with van der Waals surface area (Å²) in [7, 11) is 3.03. The van der Waals surface area contributed by atoms with Gasteiger partial charge >= 0.3 is 12.1 Å². The lowest BCUT2D eigenvalue weighted by molar-refractivity contribution is -0.142. The van der Waals surface area contributed by atoms with Gasteiger partial charge in [0.1, 0.15) is 12.6 Å². The number of carboxylic acids is 1. The van der Waals surface area contributed by atoms with E-state index < -0.39 is 30.4 Å². The van der Waals surface area contributed by atoms with Crippen LogP contribution in [0.3, 0.4) is 0 Å². The summed E-state index contributed by atoms with van der Waals surface area (Å²) in [6.45, 7) is 0.257. The molecule has 4 rings (SSSR count). The summed E-state index contributed by atoms with van der Waals surface area (Å²) in [5, 5.41) is 11.7. The summed E-state index contributed by atoms with van der Waals surface area (Å²) in [5.74, 6) is -1.47. The highest BCUT2D eigenvalue weighted by molar-refractivity contribution is 7.05. The number of ether oxygens (including phenoxy) is 2. The molecule has 1 aliphatic carbocycles. The number of amides is 2. The van der Waals surface area contributed by atoms with E-state index in [0.717, 1.165) is 27.1 Å². The number of nitrogens with one attached hydrogen (secondary N) is 1. The van der Waals surface area contributed by atoms with Crippen LogP contribution in [-0.2, 0) is 20.9 Å². The van der Waals surface area contributed by atoms with E-state index in [9.17, 15) is 19.5 Å². The Balaban J connectivity index is 1.41. The quantitative estimate of drug-likeness (QED) is 0.467. The van der Waals surface area contributed by atoms with Crippen LogP contribution < -0.4 is 10.1 Å². The van der Waals surface area contributed by atoms with Crippen LogP contribution in [0.15, 0.2) is 54.6 Å². The number of aromatic nitrogens is 1. The van der Waals surface area contributed by atoms with Gasteiger partial charge in [-0.2, -0.15) is 4.37 Å². The molecule has 3 aromatic rings. The normalized spacial score (nSPS) is 12.9. The fourth-order valence-corrected chi connectivity index (χ4v) is 4.94. The average Bonchev–Trinajstić information content (AvgIpc) is 3.43. The maximum Gasteiger partial charge on any atom is 0.407 e. The molecule has 1 aromatic heterocycles. The predicted molar refractivity (Wildman–Crippen MR) is 129 cm³/mol. The Morgan fingerprint density at radius 3 is 2.31 bits per heavy atom. The first-order chi connectivity index (χ1) is 16.9. The summed E-state index contributed by atoms with van der Waals surface area (Å²) in [6, 6.07) is 16.3. The minimum absolute atomic E-state index is 0.0599. The van der Waals surface area contributed by atoms with Gasteiger partial charge in [-0.25, -0.2) is 4.79 Å². The lowest BCUT2D eigenvalue weighted by Crippen LogP contribution is -2.48. The molecule has 0 radical (unpaired) electrons. The van der Waals surface area contributed by atoms with Crippen molar-refractivity contribution in [2.45, 2.75) is 24.9 Å². The molecule has 0 spiro atoms. The van der Waals surface area contributed by atoms with Crippen molar-refractivity contribution in [1.82, 2.24) is 14.6 Å². The van der Waals surface area contributed by atoms with E-state index in [0.29, 0.717) is 5.88 Å². The number of carbonyl (C=O) groups is 3. The largest absolute Gasteiger partial charge is 0.481 e. The number of aliphatic carboxylic acids is 1. The number of methoxy groups -OCH3 is 1. The zero-order valence-corrected chi connectivity index (χ0v) is 20.1. The van der Waals surface area contributed by atoms with Gasteiger partial charge in [-0.3, -0.25) is 9.59 Å². The third-order valence-electron chi connectivity index (χ3n) is 5.83. The Kier molecular flexibility index (Phi) is 7.31. The highest BCUT2D eigenvalue weighted by Gasteiger charge is 2.31. The van der Waals surface area contributed by atoms with Gasteiger partial charge in [0.05, 0.1) is 20.1 Å². The number of hydrogen-bond acceptors (Lipinski definition) is 7. The fraction of sp³-hybridized carbons (Fsp3) is 0.280. The smallest absolute Gasteiger partial charge is 0.407 e. The molecule has 1 heterocycles. The zero-order chi connectivity index (χ0) is 24.9. The monoisotopic (exact) mass is 495 g/mol. The molecule has 0 saturated heterocycles. The average molecular weight is 496 g/mol. The molecular formula is C25H25N3O6S. The van der Waals surface area contributed by atoms with Crippen molar-refractivity contribution >= 4 is 29.5 Å². The van der Waals surface area contributed by atoms with E-state index in [1.807, 2.05) is 48.5 Å². The van der Waals surface area contributed by atoms with Crippen LogP contribution in [0.5, 0.6) is 5.88 Å². The van der Waals surface area contributed by atoms with Crippen molar-refractivity contribution in [3.63, 3.8) is 0 Å². The van der Waals surface area contributed by atoms with Gasteiger partial charge in [-0.15, -0.1) is 0 Å². The molecule has 0 saturated carbocycles. The first-order valence-corrected chi connectivity index (χ1v) is 11.7. The Morgan fingerprint density at radius 2 is 1.74 bits per heavy atom. The second kappa shape index (κ2) is 10.6. The minimum atomic E-state index is -1.28. The van der Waals surface area contributed by atoms with Crippen LogP contribution in [0.2, 0.25) is 0 Å². The van der Waals surface area contributed by atoms with Crippen molar-refractivity contribution < 1.29 is 29.0 Å². The minimum Gasteiger partial charge on any atom is -0.481 e. The van der Waals surface area contributed by atoms with Crippen LogP contribution >= 0.6 is 11.5 Å². The SMILES string of the molecule is COc1cc(CN(C)C(=O)C(CC(=O)O)NC(=O)OCC2c3ccccc3-c3ccccc32)sn1. The van der Waals surface area contributed by atoms with E-state index in [1.54, 1.807) is 6.07 Å². The van der Waals surface area contributed by atoms with E-state index in [-0.39, 0.29) is 19.1 Å². The number of alkyl carbamates (subject to hydrolysis) is 1. The summed E-state index contributed by atoms with van der Waals surface area (Å²) in [5.41, 5.74) is 4.30. The summed E-state index contributed by atoms with van der Waals surface area (Å²) in [6.07, 6.45) is -1.42. The van der Waals surface area contributed by atoms with Crippen LogP contribution in [0, 0.1) is 0 Å². The first kappa shape index (κ1) is 24.2. The Morgan fingerprint density at radius 1 is 1.11 bits per heavy atom. The molecule has 2 aromatic carbocycles. The van der Waals surface area contributed by atoms with Gasteiger partial charge in [0, 0.05) is 23.9 Å². The highest BCUT2D eigenvalue weighted by Crippen LogP contribution is 2.44. The Labute approximate surface area is 206 Å². The van der Waals surface area contributed by atoms with Crippen LogP contribution in [-0.4, -0.2) is 59.2 Å². The summed E-state index contributed by atoms with van der Waals surface area (Å²) < 4.78 is 14.6. The number of nitrogens with zero attached hydrogens (tertiary/aromatic N) is 2. The van der Waals surface area contributed by atoms with Crippen molar-refractivity contribution in [2.24, 2.45) is 0 Å². The van der Waals surface area contributed by atoms with Crippen molar-refractivity contribution in [3.8, 4) is 17.0 Å². The van der Waals surface area contributed by atoms with Gasteiger partial charge in [0.15, 0.2) is 0 Å². The molecule has 2 N–H and O–H groups in total. The second-order valence-electron chi connectivity index (χ2n) is 8.15. The topological polar surface area (TPSA) is 118 Å². The number of likely N-dealkylation sites (N-methyl/N-ethyl adjacent to an activating group) is 1. The molecule has 2 amide bonds. The van der Waals surface area contributed by atoms with Crippen molar-refractivity contribution in [2.75, 3.05) is 20.8 Å². The maximum absolute atomic E-state index is 12.9. The number of carbonyl (C=O) groups excluding carboxylic acids is 2. The third-order valence-corrected chi connectivity index (χ3v) is 6.58. The zero-order valence-electron chi connectivity index (χ0n) is 19.3. The van der Waals surface area contributed by atoms with Crippen LogP contribution in [0.4, 0.5) is 4.79 Å². The molecule has 0 aliphatic heterocycles. The first-order valence-electron chi connectivity index (χ1n) is 10.9. The standard InChI is InChI=1S/C25H25N3O6S/c1-28(13-15-11-22(33-2)27-35-15)24(31)21(12-23(29)30)26-25(32)34-14-20-18-9-5-3-7-16(18)17-8-4-6-10-19(17)20/h3-11,20-21H,12-14H2,1-2H3,(H,26,32)(H,29,30). The fourth-order valence-electron chi connectivity index (χ4n) is 4.20. The van der Waals surface area contributed by atoms with Gasteiger partial charge in [0.25, 0.3) is 0 Å². The molecule has 1 unspecified atom stereocenters. The molecule has 0 bridgehead atoms. The molecular weight excluding hydrogens is 470 g/mol. The Bertz CT molecular complexity index is 1200. The van der Waals surface area contributed by atoms with Crippen LogP contribution in [0.1, 0.15) is 28.3 Å². The van der Waals surface area contributed by atoms with E-state index >= 15 is 0 Å². The number of benzene rings is 2. The molecule has 35 heavy (non-hydrogen) atoms. The lowest BCUT2D eigenvalue weighted by atomic mass is 9.98. The second-order valence-corrected chi connectivity index (χ2v) is 9.04. The number of carboxylic acid groups (broad SMARTS) is 1. The maximum atomic E-state index is 12.9. The van der Waals surface area contributed by atoms with Crippen molar-refractivity contribution in [1.29, 1.82) is 0 Å². The number of hydrogen-bond donors (Lipinski definition) is 2. The van der Waals surface area contributed by atoms with Crippen molar-refractivity contribution in [3.05, 3.63) is 70.6 Å².